The van der Waals surface area contributed by atoms with Crippen molar-refractivity contribution >= 4 is 29.3 Å². The molecule has 24 heavy (non-hydrogen) atoms. The van der Waals surface area contributed by atoms with E-state index in [9.17, 15) is 14.0 Å². The normalized spacial score (nSPS) is 14.4. The van der Waals surface area contributed by atoms with Gasteiger partial charge in [0.1, 0.15) is 5.82 Å². The summed E-state index contributed by atoms with van der Waals surface area (Å²) in [6.45, 7) is 0.749. The number of benzene rings is 2. The number of amides is 2. The molecule has 1 N–H and O–H groups in total. The van der Waals surface area contributed by atoms with Gasteiger partial charge < -0.3 is 10.2 Å². The molecule has 0 aliphatic carbocycles. The minimum absolute atomic E-state index is 0.141. The number of nitrogens with one attached hydrogen (secondary N) is 1. The van der Waals surface area contributed by atoms with E-state index in [-0.39, 0.29) is 11.6 Å². The van der Waals surface area contributed by atoms with Crippen LogP contribution in [0.25, 0.3) is 6.08 Å². The number of hydrogen-bond donors (Lipinski definition) is 1. The lowest BCUT2D eigenvalue weighted by molar-refractivity contribution is -0.117. The Morgan fingerprint density at radius 2 is 1.88 bits per heavy atom. The highest BCUT2D eigenvalue weighted by Crippen LogP contribution is 2.22. The Labute approximate surface area is 139 Å². The summed E-state index contributed by atoms with van der Waals surface area (Å²) < 4.78 is 13.5. The van der Waals surface area contributed by atoms with Gasteiger partial charge in [0.05, 0.1) is 5.69 Å². The van der Waals surface area contributed by atoms with E-state index in [4.69, 9.17) is 0 Å². The first-order valence-corrected chi connectivity index (χ1v) is 7.77. The van der Waals surface area contributed by atoms with Crippen LogP contribution in [0.5, 0.6) is 0 Å². The van der Waals surface area contributed by atoms with Crippen LogP contribution in [0.1, 0.15) is 18.4 Å². The van der Waals surface area contributed by atoms with Gasteiger partial charge in [-0.05, 0) is 42.3 Å². The summed E-state index contributed by atoms with van der Waals surface area (Å²) in [5.41, 5.74) is 1.84. The predicted octanol–water partition coefficient (Wildman–Crippen LogP) is 3.60. The fourth-order valence-electron chi connectivity index (χ4n) is 2.60. The molecule has 0 unspecified atom stereocenters. The van der Waals surface area contributed by atoms with Crippen LogP contribution < -0.4 is 10.2 Å². The van der Waals surface area contributed by atoms with Crippen LogP contribution in [0.15, 0.2) is 54.6 Å². The Kier molecular flexibility index (Phi) is 4.70. The van der Waals surface area contributed by atoms with Crippen LogP contribution in [-0.2, 0) is 9.59 Å². The van der Waals surface area contributed by atoms with Gasteiger partial charge in [-0.15, -0.1) is 0 Å². The molecular formula is C19H17FN2O2. The monoisotopic (exact) mass is 324 g/mol. The number of para-hydroxylation sites is 1. The van der Waals surface area contributed by atoms with E-state index < -0.39 is 11.7 Å². The number of carbonyl (C=O) groups is 2. The molecule has 0 bridgehead atoms. The number of anilines is 2. The average molecular weight is 324 g/mol. The highest BCUT2D eigenvalue weighted by atomic mass is 19.1. The zero-order valence-corrected chi connectivity index (χ0v) is 13.0. The van der Waals surface area contributed by atoms with Crippen molar-refractivity contribution in [1.82, 2.24) is 0 Å². The lowest BCUT2D eigenvalue weighted by atomic mass is 10.2. The zero-order chi connectivity index (χ0) is 16.9. The number of carbonyl (C=O) groups excluding carboxylic acids is 2. The van der Waals surface area contributed by atoms with Crippen molar-refractivity contribution in [3.8, 4) is 0 Å². The minimum Gasteiger partial charge on any atom is -0.320 e. The molecule has 2 amide bonds. The fourth-order valence-corrected chi connectivity index (χ4v) is 2.60. The van der Waals surface area contributed by atoms with Gasteiger partial charge in [0.25, 0.3) is 0 Å². The molecule has 0 radical (unpaired) electrons. The molecule has 1 aliphatic heterocycles. The van der Waals surface area contributed by atoms with Gasteiger partial charge in [-0.25, -0.2) is 4.39 Å². The second-order valence-electron chi connectivity index (χ2n) is 5.54. The van der Waals surface area contributed by atoms with Crippen molar-refractivity contribution in [2.45, 2.75) is 12.8 Å². The largest absolute Gasteiger partial charge is 0.320 e. The van der Waals surface area contributed by atoms with Gasteiger partial charge in [0.15, 0.2) is 0 Å². The van der Waals surface area contributed by atoms with Gasteiger partial charge in [-0.1, -0.05) is 24.3 Å². The lowest BCUT2D eigenvalue weighted by Gasteiger charge is -2.15. The molecule has 2 aromatic rings. The van der Waals surface area contributed by atoms with Gasteiger partial charge in [-0.2, -0.15) is 0 Å². The molecule has 4 nitrogen and oxygen atoms in total. The Morgan fingerprint density at radius 3 is 2.54 bits per heavy atom. The van der Waals surface area contributed by atoms with Crippen molar-refractivity contribution in [3.63, 3.8) is 0 Å². The first-order valence-electron chi connectivity index (χ1n) is 7.77. The van der Waals surface area contributed by atoms with E-state index in [1.807, 2.05) is 24.3 Å². The third kappa shape index (κ3) is 3.68. The van der Waals surface area contributed by atoms with Gasteiger partial charge >= 0.3 is 0 Å². The summed E-state index contributed by atoms with van der Waals surface area (Å²) in [6.07, 6.45) is 4.47. The number of halogens is 1. The fraction of sp³-hybridized carbons (Fsp3) is 0.158. The SMILES string of the molecule is O=C(/C=C/c1ccc(N2CCCC2=O)cc1)Nc1ccccc1F. The lowest BCUT2D eigenvalue weighted by Crippen LogP contribution is -2.23. The van der Waals surface area contributed by atoms with E-state index in [0.29, 0.717) is 6.42 Å². The topological polar surface area (TPSA) is 49.4 Å². The standard InChI is InChI=1S/C19H17FN2O2/c20-16-4-1-2-5-17(16)21-18(23)12-9-14-7-10-15(11-8-14)22-13-3-6-19(22)24/h1-2,4-5,7-12H,3,6,13H2,(H,21,23)/b12-9+. The summed E-state index contributed by atoms with van der Waals surface area (Å²) >= 11 is 0. The Hall–Kier alpha value is -2.95. The maximum atomic E-state index is 13.5. The second-order valence-corrected chi connectivity index (χ2v) is 5.54. The smallest absolute Gasteiger partial charge is 0.248 e. The molecule has 1 heterocycles. The Morgan fingerprint density at radius 1 is 1.12 bits per heavy atom. The third-order valence-corrected chi connectivity index (χ3v) is 3.84. The van der Waals surface area contributed by atoms with E-state index in [0.717, 1.165) is 24.2 Å². The van der Waals surface area contributed by atoms with Crippen LogP contribution in [0, 0.1) is 5.82 Å². The maximum absolute atomic E-state index is 13.5. The Bertz CT molecular complexity index is 784. The number of hydrogen-bond acceptors (Lipinski definition) is 2. The van der Waals surface area contributed by atoms with E-state index in [1.54, 1.807) is 23.1 Å². The minimum atomic E-state index is -0.473. The zero-order valence-electron chi connectivity index (χ0n) is 13.0. The average Bonchev–Trinajstić information content (AvgIpc) is 3.02. The predicted molar refractivity (Wildman–Crippen MR) is 92.1 cm³/mol. The maximum Gasteiger partial charge on any atom is 0.248 e. The van der Waals surface area contributed by atoms with E-state index in [2.05, 4.69) is 5.32 Å². The van der Waals surface area contributed by atoms with Crippen LogP contribution in [0.3, 0.4) is 0 Å². The summed E-state index contributed by atoms with van der Waals surface area (Å²) in [6, 6.07) is 13.4. The van der Waals surface area contributed by atoms with E-state index in [1.165, 1.54) is 18.2 Å². The molecule has 5 heteroatoms. The Balaban J connectivity index is 1.63. The summed E-state index contributed by atoms with van der Waals surface area (Å²) in [5, 5.41) is 2.49. The van der Waals surface area contributed by atoms with Crippen molar-refractivity contribution in [1.29, 1.82) is 0 Å². The highest BCUT2D eigenvalue weighted by molar-refractivity contribution is 6.02. The van der Waals surface area contributed by atoms with Gasteiger partial charge in [-0.3, -0.25) is 9.59 Å². The molecule has 122 valence electrons. The van der Waals surface area contributed by atoms with Crippen molar-refractivity contribution in [3.05, 3.63) is 66.0 Å². The molecule has 3 rings (SSSR count). The number of rotatable bonds is 4. The highest BCUT2D eigenvalue weighted by Gasteiger charge is 2.21. The quantitative estimate of drug-likeness (QED) is 0.874. The van der Waals surface area contributed by atoms with Crippen LogP contribution in [-0.4, -0.2) is 18.4 Å². The first-order chi connectivity index (χ1) is 11.6. The molecule has 1 aliphatic rings. The number of nitrogens with zero attached hydrogens (tertiary/aromatic N) is 1. The molecule has 0 atom stereocenters. The van der Waals surface area contributed by atoms with Crippen LogP contribution in [0.4, 0.5) is 15.8 Å². The summed E-state index contributed by atoms with van der Waals surface area (Å²) in [4.78, 5) is 25.3. The molecular weight excluding hydrogens is 307 g/mol. The van der Waals surface area contributed by atoms with Crippen LogP contribution >= 0.6 is 0 Å². The van der Waals surface area contributed by atoms with Crippen molar-refractivity contribution < 1.29 is 14.0 Å². The first kappa shape index (κ1) is 15.9. The molecule has 2 aromatic carbocycles. The van der Waals surface area contributed by atoms with Gasteiger partial charge in [0.2, 0.25) is 11.8 Å². The summed E-state index contributed by atoms with van der Waals surface area (Å²) in [7, 11) is 0. The van der Waals surface area contributed by atoms with Crippen molar-refractivity contribution in [2.75, 3.05) is 16.8 Å². The van der Waals surface area contributed by atoms with Gasteiger partial charge in [0, 0.05) is 24.7 Å². The summed E-state index contributed by atoms with van der Waals surface area (Å²) in [5.74, 6) is -0.736. The van der Waals surface area contributed by atoms with E-state index >= 15 is 0 Å². The van der Waals surface area contributed by atoms with Crippen molar-refractivity contribution in [2.24, 2.45) is 0 Å². The second kappa shape index (κ2) is 7.08. The molecule has 1 saturated heterocycles. The molecule has 0 saturated carbocycles. The molecule has 0 spiro atoms. The molecule has 0 aromatic heterocycles. The molecule has 1 fully saturated rings. The third-order valence-electron chi connectivity index (χ3n) is 3.84. The van der Waals surface area contributed by atoms with Crippen LogP contribution in [0.2, 0.25) is 0 Å².